The number of hydrogen-bond acceptors (Lipinski definition) is 5. The fourth-order valence-electron chi connectivity index (χ4n) is 2.49. The lowest BCUT2D eigenvalue weighted by atomic mass is 10.1. The van der Waals surface area contributed by atoms with E-state index in [9.17, 15) is 0 Å². The van der Waals surface area contributed by atoms with Crippen LogP contribution in [-0.4, -0.2) is 47.5 Å². The van der Waals surface area contributed by atoms with Gasteiger partial charge in [0.15, 0.2) is 0 Å². The highest BCUT2D eigenvalue weighted by Gasteiger charge is 2.34. The Bertz CT molecular complexity index is 414. The van der Waals surface area contributed by atoms with Crippen LogP contribution in [0.2, 0.25) is 0 Å². The summed E-state index contributed by atoms with van der Waals surface area (Å²) in [7, 11) is 0. The number of piperazine rings is 3. The Morgan fingerprint density at radius 3 is 2.88 bits per heavy atom. The van der Waals surface area contributed by atoms with Gasteiger partial charge in [0.1, 0.15) is 5.01 Å². The third-order valence-corrected chi connectivity index (χ3v) is 4.39. The van der Waals surface area contributed by atoms with Crippen molar-refractivity contribution in [2.45, 2.75) is 12.5 Å². The maximum Gasteiger partial charge on any atom is 0.111 e. The van der Waals surface area contributed by atoms with Crippen molar-refractivity contribution in [2.75, 3.05) is 32.7 Å². The highest BCUT2D eigenvalue weighted by atomic mass is 32.1. The first-order chi connectivity index (χ1) is 7.86. The van der Waals surface area contributed by atoms with Crippen LogP contribution in [0.3, 0.4) is 0 Å². The standard InChI is InChI=1S/C11H14N4S/c12-2-1-9-8-16-11(13-9)10-7-14-3-5-15(10)6-4-14/h8,10H,1,3-7H2. The fraction of sp³-hybridized carbons (Fsp3) is 0.636. The Morgan fingerprint density at radius 1 is 1.44 bits per heavy atom. The molecule has 84 valence electrons. The molecule has 3 aliphatic rings. The summed E-state index contributed by atoms with van der Waals surface area (Å²) < 4.78 is 0. The molecule has 3 fully saturated rings. The van der Waals surface area contributed by atoms with Gasteiger partial charge in [-0.1, -0.05) is 0 Å². The van der Waals surface area contributed by atoms with Crippen LogP contribution in [0.5, 0.6) is 0 Å². The highest BCUT2D eigenvalue weighted by Crippen LogP contribution is 2.30. The van der Waals surface area contributed by atoms with Gasteiger partial charge in [0, 0.05) is 38.1 Å². The monoisotopic (exact) mass is 234 g/mol. The predicted molar refractivity (Wildman–Crippen MR) is 62.2 cm³/mol. The fourth-order valence-corrected chi connectivity index (χ4v) is 3.43. The number of thiazole rings is 1. The molecule has 0 saturated carbocycles. The van der Waals surface area contributed by atoms with E-state index >= 15 is 0 Å². The van der Waals surface area contributed by atoms with Crippen molar-refractivity contribution < 1.29 is 0 Å². The first-order valence-corrected chi connectivity index (χ1v) is 6.52. The average Bonchev–Trinajstić information content (AvgIpc) is 2.80. The van der Waals surface area contributed by atoms with E-state index in [1.807, 2.05) is 5.38 Å². The minimum absolute atomic E-state index is 0.437. The number of nitrogens with zero attached hydrogens (tertiary/aromatic N) is 4. The molecule has 0 N–H and O–H groups in total. The molecule has 0 spiro atoms. The van der Waals surface area contributed by atoms with Gasteiger partial charge in [0.2, 0.25) is 0 Å². The molecule has 1 unspecified atom stereocenters. The van der Waals surface area contributed by atoms with Crippen LogP contribution in [-0.2, 0) is 6.42 Å². The molecular weight excluding hydrogens is 220 g/mol. The summed E-state index contributed by atoms with van der Waals surface area (Å²) in [5, 5.41) is 11.9. The summed E-state index contributed by atoms with van der Waals surface area (Å²) >= 11 is 1.71. The molecule has 3 saturated heterocycles. The number of rotatable bonds is 2. The summed E-state index contributed by atoms with van der Waals surface area (Å²) in [6.45, 7) is 5.84. The van der Waals surface area contributed by atoms with Crippen LogP contribution in [0.15, 0.2) is 5.38 Å². The van der Waals surface area contributed by atoms with E-state index in [2.05, 4.69) is 20.9 Å². The van der Waals surface area contributed by atoms with E-state index < -0.39 is 0 Å². The summed E-state index contributed by atoms with van der Waals surface area (Å²) in [6, 6.07) is 2.63. The maximum atomic E-state index is 8.64. The molecule has 2 bridgehead atoms. The summed E-state index contributed by atoms with van der Waals surface area (Å²) in [5.74, 6) is 0. The van der Waals surface area contributed by atoms with Crippen LogP contribution in [0.1, 0.15) is 16.7 Å². The van der Waals surface area contributed by atoms with Gasteiger partial charge in [0.25, 0.3) is 0 Å². The van der Waals surface area contributed by atoms with E-state index in [0.717, 1.165) is 25.3 Å². The zero-order valence-corrected chi connectivity index (χ0v) is 9.91. The second-order valence-corrected chi connectivity index (χ2v) is 5.25. The van der Waals surface area contributed by atoms with Crippen LogP contribution >= 0.6 is 11.3 Å². The van der Waals surface area contributed by atoms with Crippen molar-refractivity contribution in [1.82, 2.24) is 14.8 Å². The lowest BCUT2D eigenvalue weighted by molar-refractivity contribution is 0.0122. The Morgan fingerprint density at radius 2 is 2.25 bits per heavy atom. The lowest BCUT2D eigenvalue weighted by Gasteiger charge is -2.46. The van der Waals surface area contributed by atoms with Gasteiger partial charge < -0.3 is 0 Å². The summed E-state index contributed by atoms with van der Waals surface area (Å²) in [4.78, 5) is 9.60. The Kier molecular flexibility index (Phi) is 2.64. The molecule has 16 heavy (non-hydrogen) atoms. The minimum atomic E-state index is 0.437. The first kappa shape index (κ1) is 10.2. The van der Waals surface area contributed by atoms with E-state index in [1.165, 1.54) is 18.1 Å². The van der Waals surface area contributed by atoms with E-state index in [4.69, 9.17) is 5.26 Å². The molecule has 0 aliphatic carbocycles. The van der Waals surface area contributed by atoms with Gasteiger partial charge in [-0.25, -0.2) is 4.98 Å². The smallest absolute Gasteiger partial charge is 0.111 e. The second-order valence-electron chi connectivity index (χ2n) is 4.36. The molecular formula is C11H14N4S. The normalized spacial score (nSPS) is 32.6. The molecule has 4 heterocycles. The Balaban J connectivity index is 1.79. The lowest BCUT2D eigenvalue weighted by Crippen LogP contribution is -2.56. The zero-order chi connectivity index (χ0) is 11.0. The Labute approximate surface area is 99.1 Å². The quantitative estimate of drug-likeness (QED) is 0.762. The van der Waals surface area contributed by atoms with Gasteiger partial charge in [0.05, 0.1) is 24.2 Å². The first-order valence-electron chi connectivity index (χ1n) is 5.64. The van der Waals surface area contributed by atoms with Crippen LogP contribution in [0, 0.1) is 11.3 Å². The summed E-state index contributed by atoms with van der Waals surface area (Å²) in [5.41, 5.74) is 0.931. The van der Waals surface area contributed by atoms with Gasteiger partial charge in [-0.3, -0.25) is 9.80 Å². The van der Waals surface area contributed by atoms with Crippen molar-refractivity contribution >= 4 is 11.3 Å². The topological polar surface area (TPSA) is 43.2 Å². The third-order valence-electron chi connectivity index (χ3n) is 3.39. The molecule has 5 heteroatoms. The van der Waals surface area contributed by atoms with E-state index in [1.54, 1.807) is 11.3 Å². The second kappa shape index (κ2) is 4.13. The Hall–Kier alpha value is -0.960. The van der Waals surface area contributed by atoms with Crippen molar-refractivity contribution in [3.05, 3.63) is 16.1 Å². The molecule has 4 nitrogen and oxygen atoms in total. The predicted octanol–water partition coefficient (Wildman–Crippen LogP) is 0.881. The van der Waals surface area contributed by atoms with Gasteiger partial charge in [-0.15, -0.1) is 11.3 Å². The van der Waals surface area contributed by atoms with Gasteiger partial charge >= 0.3 is 0 Å². The van der Waals surface area contributed by atoms with Crippen molar-refractivity contribution in [1.29, 1.82) is 5.26 Å². The highest BCUT2D eigenvalue weighted by molar-refractivity contribution is 7.09. The molecule has 1 aromatic heterocycles. The molecule has 0 radical (unpaired) electrons. The molecule has 1 atom stereocenters. The molecule has 3 aliphatic heterocycles. The molecule has 0 aromatic carbocycles. The van der Waals surface area contributed by atoms with Crippen LogP contribution in [0.25, 0.3) is 0 Å². The molecule has 4 rings (SSSR count). The van der Waals surface area contributed by atoms with Crippen molar-refractivity contribution in [2.24, 2.45) is 0 Å². The number of fused-ring (bicyclic) bond motifs is 3. The SMILES string of the molecule is N#CCc1csc(C2CN3CCN2CC3)n1. The third kappa shape index (κ3) is 1.73. The van der Waals surface area contributed by atoms with E-state index in [-0.39, 0.29) is 0 Å². The largest absolute Gasteiger partial charge is 0.299 e. The van der Waals surface area contributed by atoms with Gasteiger partial charge in [-0.05, 0) is 0 Å². The van der Waals surface area contributed by atoms with E-state index in [0.29, 0.717) is 12.5 Å². The van der Waals surface area contributed by atoms with Gasteiger partial charge in [-0.2, -0.15) is 5.26 Å². The number of aromatic nitrogens is 1. The zero-order valence-electron chi connectivity index (χ0n) is 9.09. The maximum absolute atomic E-state index is 8.64. The van der Waals surface area contributed by atoms with Crippen LogP contribution < -0.4 is 0 Å². The molecule has 1 aromatic rings. The van der Waals surface area contributed by atoms with Crippen molar-refractivity contribution in [3.63, 3.8) is 0 Å². The summed E-state index contributed by atoms with van der Waals surface area (Å²) in [6.07, 6.45) is 0.437. The molecule has 0 amide bonds. The van der Waals surface area contributed by atoms with Crippen molar-refractivity contribution in [3.8, 4) is 6.07 Å². The number of hydrogen-bond donors (Lipinski definition) is 0. The minimum Gasteiger partial charge on any atom is -0.299 e. The number of nitriles is 1. The average molecular weight is 234 g/mol. The van der Waals surface area contributed by atoms with Crippen LogP contribution in [0.4, 0.5) is 0 Å².